The Morgan fingerprint density at radius 1 is 1.22 bits per heavy atom. The molecule has 0 saturated carbocycles. The summed E-state index contributed by atoms with van der Waals surface area (Å²) >= 11 is 0. The molecule has 1 aromatic carbocycles. The van der Waals surface area contributed by atoms with E-state index in [2.05, 4.69) is 10.6 Å². The van der Waals surface area contributed by atoms with Crippen molar-refractivity contribution in [3.05, 3.63) is 29.3 Å². The lowest BCUT2D eigenvalue weighted by Gasteiger charge is -2.15. The molecule has 1 aliphatic rings. The highest BCUT2D eigenvalue weighted by Gasteiger charge is 2.43. The Balaban J connectivity index is 1.72. The van der Waals surface area contributed by atoms with Gasteiger partial charge < -0.3 is 15.4 Å². The lowest BCUT2D eigenvalue weighted by molar-refractivity contribution is -0.147. The quantitative estimate of drug-likeness (QED) is 0.559. The van der Waals surface area contributed by atoms with Crippen molar-refractivity contribution in [1.29, 1.82) is 0 Å². The van der Waals surface area contributed by atoms with Crippen LogP contribution in [0.25, 0.3) is 0 Å². The number of nitrogens with zero attached hydrogens (tertiary/aromatic N) is 1. The number of imide groups is 1. The first kappa shape index (κ1) is 20.4. The van der Waals surface area contributed by atoms with E-state index in [9.17, 15) is 19.2 Å². The number of hydrogen-bond acceptors (Lipinski definition) is 5. The summed E-state index contributed by atoms with van der Waals surface area (Å²) < 4.78 is 4.95. The van der Waals surface area contributed by atoms with Gasteiger partial charge in [0.2, 0.25) is 0 Å². The molecule has 0 unspecified atom stereocenters. The highest BCUT2D eigenvalue weighted by molar-refractivity contribution is 6.06. The summed E-state index contributed by atoms with van der Waals surface area (Å²) in [5.41, 5.74) is 1.68. The second kappa shape index (κ2) is 8.20. The number of benzene rings is 1. The molecule has 1 aliphatic heterocycles. The largest absolute Gasteiger partial charge is 0.456 e. The van der Waals surface area contributed by atoms with Crippen molar-refractivity contribution in [2.45, 2.75) is 46.1 Å². The molecule has 1 saturated heterocycles. The number of carbonyl (C=O) groups excluding carboxylic acids is 4. The van der Waals surface area contributed by atoms with Crippen molar-refractivity contribution < 1.29 is 23.9 Å². The maximum absolute atomic E-state index is 12.0. The lowest BCUT2D eigenvalue weighted by atomic mass is 10.1. The Kier molecular flexibility index (Phi) is 6.20. The molecule has 0 aromatic heterocycles. The number of hydrogen-bond donors (Lipinski definition) is 2. The third-order valence-corrected chi connectivity index (χ3v) is 4.24. The van der Waals surface area contributed by atoms with Crippen LogP contribution in [0.3, 0.4) is 0 Å². The third-order valence-electron chi connectivity index (χ3n) is 4.24. The van der Waals surface area contributed by atoms with Crippen LogP contribution in [-0.4, -0.2) is 47.4 Å². The van der Waals surface area contributed by atoms with Crippen LogP contribution in [0, 0.1) is 13.8 Å². The minimum Gasteiger partial charge on any atom is -0.456 e. The lowest BCUT2D eigenvalue weighted by Crippen LogP contribution is -2.40. The molecule has 0 radical (unpaired) electrons. The van der Waals surface area contributed by atoms with E-state index in [1.165, 1.54) is 0 Å². The summed E-state index contributed by atoms with van der Waals surface area (Å²) in [4.78, 5) is 48.6. The number of amides is 4. The fourth-order valence-electron chi connectivity index (χ4n) is 2.68. The molecule has 0 spiro atoms. The van der Waals surface area contributed by atoms with E-state index in [-0.39, 0.29) is 31.9 Å². The number of urea groups is 1. The van der Waals surface area contributed by atoms with Gasteiger partial charge in [-0.25, -0.2) is 4.79 Å². The standard InChI is InChI=1S/C19H25N3O5/c1-12-7-8-13(2)14(10-12)20-15(23)11-27-16(24)6-5-9-22-17(25)19(3,4)21-18(22)26/h7-8,10H,5-6,9,11H2,1-4H3,(H,20,23)(H,21,26). The van der Waals surface area contributed by atoms with E-state index < -0.39 is 23.4 Å². The van der Waals surface area contributed by atoms with Gasteiger partial charge in [-0.2, -0.15) is 0 Å². The zero-order chi connectivity index (χ0) is 20.2. The Hall–Kier alpha value is -2.90. The van der Waals surface area contributed by atoms with Crippen LogP contribution in [0.2, 0.25) is 0 Å². The van der Waals surface area contributed by atoms with Crippen LogP contribution in [0.5, 0.6) is 0 Å². The minimum atomic E-state index is -0.927. The van der Waals surface area contributed by atoms with E-state index in [1.54, 1.807) is 13.8 Å². The smallest absolute Gasteiger partial charge is 0.325 e. The number of esters is 1. The normalized spacial score (nSPS) is 15.5. The molecule has 1 fully saturated rings. The number of rotatable bonds is 7. The van der Waals surface area contributed by atoms with Crippen molar-refractivity contribution >= 4 is 29.5 Å². The summed E-state index contributed by atoms with van der Waals surface area (Å²) in [6, 6.07) is 5.21. The summed E-state index contributed by atoms with van der Waals surface area (Å²) in [5.74, 6) is -1.31. The third kappa shape index (κ3) is 5.29. The average Bonchev–Trinajstić information content (AvgIpc) is 2.78. The van der Waals surface area contributed by atoms with Crippen molar-refractivity contribution in [3.8, 4) is 0 Å². The summed E-state index contributed by atoms with van der Waals surface area (Å²) in [6.07, 6.45) is 0.279. The highest BCUT2D eigenvalue weighted by Crippen LogP contribution is 2.17. The fraction of sp³-hybridized carbons (Fsp3) is 0.474. The molecule has 1 heterocycles. The Labute approximate surface area is 158 Å². The maximum atomic E-state index is 12.0. The number of anilines is 1. The number of aryl methyl sites for hydroxylation is 2. The van der Waals surface area contributed by atoms with Gasteiger partial charge in [0.15, 0.2) is 6.61 Å². The second-order valence-electron chi connectivity index (χ2n) is 7.14. The SMILES string of the molecule is Cc1ccc(C)c(NC(=O)COC(=O)CCCN2C(=O)NC(C)(C)C2=O)c1. The molecule has 1 aromatic rings. The predicted molar refractivity (Wildman–Crippen MR) is 99.1 cm³/mol. The molecule has 0 bridgehead atoms. The van der Waals surface area contributed by atoms with E-state index in [0.29, 0.717) is 5.69 Å². The van der Waals surface area contributed by atoms with Crippen LogP contribution in [0.1, 0.15) is 37.8 Å². The first-order chi connectivity index (χ1) is 12.6. The Morgan fingerprint density at radius 3 is 2.56 bits per heavy atom. The predicted octanol–water partition coefficient (Wildman–Crippen LogP) is 1.90. The summed E-state index contributed by atoms with van der Waals surface area (Å²) in [5, 5.41) is 5.28. The van der Waals surface area contributed by atoms with Gasteiger partial charge in [-0.05, 0) is 51.3 Å². The van der Waals surface area contributed by atoms with Crippen molar-refractivity contribution in [3.63, 3.8) is 0 Å². The minimum absolute atomic E-state index is 0.00818. The number of nitrogens with one attached hydrogen (secondary N) is 2. The molecule has 0 atom stereocenters. The molecule has 27 heavy (non-hydrogen) atoms. The van der Waals surface area contributed by atoms with Gasteiger partial charge in [0.05, 0.1) is 0 Å². The van der Waals surface area contributed by atoms with Crippen LogP contribution in [-0.2, 0) is 19.1 Å². The Morgan fingerprint density at radius 2 is 1.93 bits per heavy atom. The molecule has 4 amide bonds. The van der Waals surface area contributed by atoms with Crippen molar-refractivity contribution in [2.75, 3.05) is 18.5 Å². The zero-order valence-corrected chi connectivity index (χ0v) is 16.0. The van der Waals surface area contributed by atoms with Gasteiger partial charge in [-0.1, -0.05) is 12.1 Å². The molecular weight excluding hydrogens is 350 g/mol. The highest BCUT2D eigenvalue weighted by atomic mass is 16.5. The van der Waals surface area contributed by atoms with Crippen LogP contribution >= 0.6 is 0 Å². The topological polar surface area (TPSA) is 105 Å². The first-order valence-corrected chi connectivity index (χ1v) is 8.77. The molecular formula is C19H25N3O5. The zero-order valence-electron chi connectivity index (χ0n) is 16.0. The van der Waals surface area contributed by atoms with Gasteiger partial charge in [0.25, 0.3) is 11.8 Å². The molecule has 146 valence electrons. The van der Waals surface area contributed by atoms with Gasteiger partial charge >= 0.3 is 12.0 Å². The van der Waals surface area contributed by atoms with Gasteiger partial charge in [-0.3, -0.25) is 19.3 Å². The monoisotopic (exact) mass is 375 g/mol. The van der Waals surface area contributed by atoms with E-state index in [1.807, 2.05) is 32.0 Å². The Bertz CT molecular complexity index is 773. The van der Waals surface area contributed by atoms with Crippen molar-refractivity contribution in [2.24, 2.45) is 0 Å². The van der Waals surface area contributed by atoms with Gasteiger partial charge in [0.1, 0.15) is 5.54 Å². The van der Waals surface area contributed by atoms with Gasteiger partial charge in [0, 0.05) is 18.7 Å². The maximum Gasteiger partial charge on any atom is 0.325 e. The average molecular weight is 375 g/mol. The van der Waals surface area contributed by atoms with Gasteiger partial charge in [-0.15, -0.1) is 0 Å². The molecule has 8 heteroatoms. The molecule has 2 rings (SSSR count). The first-order valence-electron chi connectivity index (χ1n) is 8.77. The summed E-state index contributed by atoms with van der Waals surface area (Å²) in [6.45, 7) is 6.77. The van der Waals surface area contributed by atoms with Crippen LogP contribution in [0.4, 0.5) is 10.5 Å². The summed E-state index contributed by atoms with van der Waals surface area (Å²) in [7, 11) is 0. The van der Waals surface area contributed by atoms with E-state index >= 15 is 0 Å². The van der Waals surface area contributed by atoms with E-state index in [4.69, 9.17) is 4.74 Å². The molecule has 2 N–H and O–H groups in total. The number of carbonyl (C=O) groups is 4. The second-order valence-corrected chi connectivity index (χ2v) is 7.14. The van der Waals surface area contributed by atoms with Crippen LogP contribution < -0.4 is 10.6 Å². The molecule has 0 aliphatic carbocycles. The molecule has 8 nitrogen and oxygen atoms in total. The van der Waals surface area contributed by atoms with Crippen LogP contribution in [0.15, 0.2) is 18.2 Å². The fourth-order valence-corrected chi connectivity index (χ4v) is 2.68. The number of ether oxygens (including phenoxy) is 1. The van der Waals surface area contributed by atoms with Crippen molar-refractivity contribution in [1.82, 2.24) is 10.2 Å². The van der Waals surface area contributed by atoms with E-state index in [0.717, 1.165) is 16.0 Å².